The summed E-state index contributed by atoms with van der Waals surface area (Å²) in [5.74, 6) is 0. The van der Waals surface area contributed by atoms with Crippen LogP contribution in [0.5, 0.6) is 0 Å². The minimum absolute atomic E-state index is 0. The first kappa shape index (κ1) is 26.9. The third-order valence-corrected chi connectivity index (χ3v) is 4.34. The van der Waals surface area contributed by atoms with Gasteiger partial charge in [0.15, 0.2) is 0 Å². The molecule has 143 valence electrons. The minimum Gasteiger partial charge on any atom is -0.673 e. The molecule has 2 aromatic heterocycles. The summed E-state index contributed by atoms with van der Waals surface area (Å²) in [5.41, 5.74) is 7.40. The molecule has 4 aromatic rings. The molecule has 0 spiro atoms. The van der Waals surface area contributed by atoms with Gasteiger partial charge in [0.25, 0.3) is 0 Å². The normalized spacial score (nSPS) is 9.66. The van der Waals surface area contributed by atoms with Crippen molar-refractivity contribution >= 4 is 18.3 Å². The van der Waals surface area contributed by atoms with Crippen molar-refractivity contribution in [1.29, 1.82) is 0 Å². The van der Waals surface area contributed by atoms with E-state index in [4.69, 9.17) is 9.97 Å². The summed E-state index contributed by atoms with van der Waals surface area (Å²) < 4.78 is 0. The number of rotatable bonds is 6. The summed E-state index contributed by atoms with van der Waals surface area (Å²) in [7, 11) is 2.07. The van der Waals surface area contributed by atoms with Crippen molar-refractivity contribution in [2.45, 2.75) is 12.8 Å². The van der Waals surface area contributed by atoms with Crippen LogP contribution in [0.1, 0.15) is 28.2 Å². The largest absolute Gasteiger partial charge is 0.673 e. The van der Waals surface area contributed by atoms with Crippen LogP contribution in [0.2, 0.25) is 0 Å². The van der Waals surface area contributed by atoms with E-state index < -0.39 is 0 Å². The van der Waals surface area contributed by atoms with E-state index in [1.807, 2.05) is 42.5 Å². The van der Waals surface area contributed by atoms with Gasteiger partial charge in [0.05, 0.1) is 7.28 Å². The maximum absolute atomic E-state index is 4.73. The second-order valence-corrected chi connectivity index (χ2v) is 6.37. The van der Waals surface area contributed by atoms with E-state index in [9.17, 15) is 0 Å². The molecular weight excluding hydrogens is 688 g/mol. The molecule has 0 bridgehead atoms. The van der Waals surface area contributed by atoms with Crippen molar-refractivity contribution in [3.05, 3.63) is 114 Å². The average Bonchev–Trinajstić information content (AvgIpc) is 3.28. The molecule has 2 aromatic carbocycles. The summed E-state index contributed by atoms with van der Waals surface area (Å²) in [6.45, 7) is 4.06. The molecule has 0 N–H and O–H groups in total. The SMILES string of the molecule is [CH2-]c1ccccc1[B]c1ccc(Cc2ccc(Cc3[c-]cccc3)[n-]2)[n-]1.[Pt].[Y].[Y]. The Morgan fingerprint density at radius 3 is 2.14 bits per heavy atom. The number of aromatic nitrogens is 2. The Morgan fingerprint density at radius 1 is 0.759 bits per heavy atom. The van der Waals surface area contributed by atoms with E-state index in [0.717, 1.165) is 52.1 Å². The van der Waals surface area contributed by atoms with Gasteiger partial charge in [-0.3, -0.25) is 0 Å². The first-order valence-corrected chi connectivity index (χ1v) is 8.72. The molecule has 4 rings (SSSR count). The van der Waals surface area contributed by atoms with Gasteiger partial charge < -0.3 is 9.97 Å². The molecule has 0 atom stereocenters. The second-order valence-electron chi connectivity index (χ2n) is 6.37. The third-order valence-electron chi connectivity index (χ3n) is 4.34. The van der Waals surface area contributed by atoms with Gasteiger partial charge in [0.1, 0.15) is 0 Å². The molecule has 0 unspecified atom stereocenters. The molecule has 0 saturated carbocycles. The topological polar surface area (TPSA) is 28.2 Å². The third kappa shape index (κ3) is 7.79. The van der Waals surface area contributed by atoms with Crippen molar-refractivity contribution in [3.8, 4) is 0 Å². The monoisotopic (exact) mass is 706 g/mol. The van der Waals surface area contributed by atoms with Crippen LogP contribution in [-0.4, -0.2) is 7.28 Å². The predicted octanol–water partition coefficient (Wildman–Crippen LogP) is 2.41. The van der Waals surface area contributed by atoms with E-state index in [2.05, 4.69) is 50.6 Å². The molecule has 6 heteroatoms. The Morgan fingerprint density at radius 2 is 1.41 bits per heavy atom. The number of benzene rings is 2. The summed E-state index contributed by atoms with van der Waals surface area (Å²) in [5, 5.41) is 0. The Labute approximate surface area is 238 Å². The molecular formula is C23H18BN2PtY2-4. The van der Waals surface area contributed by atoms with E-state index in [1.165, 1.54) is 0 Å². The summed E-state index contributed by atoms with van der Waals surface area (Å²) >= 11 is 0. The van der Waals surface area contributed by atoms with Gasteiger partial charge in [0, 0.05) is 86.5 Å². The van der Waals surface area contributed by atoms with Crippen molar-refractivity contribution in [2.75, 3.05) is 0 Å². The molecule has 0 amide bonds. The molecule has 0 saturated heterocycles. The van der Waals surface area contributed by atoms with Crippen molar-refractivity contribution < 1.29 is 86.5 Å². The fourth-order valence-corrected chi connectivity index (χ4v) is 3.00. The van der Waals surface area contributed by atoms with Gasteiger partial charge in [0.2, 0.25) is 0 Å². The van der Waals surface area contributed by atoms with Gasteiger partial charge in [-0.2, -0.15) is 77.0 Å². The van der Waals surface area contributed by atoms with Crippen LogP contribution < -0.4 is 21.0 Å². The van der Waals surface area contributed by atoms with Crippen molar-refractivity contribution in [2.24, 2.45) is 0 Å². The zero-order valence-electron chi connectivity index (χ0n) is 16.0. The van der Waals surface area contributed by atoms with Crippen LogP contribution in [0, 0.1) is 13.0 Å². The minimum atomic E-state index is 0. The van der Waals surface area contributed by atoms with E-state index in [-0.39, 0.29) is 86.5 Å². The fraction of sp³-hybridized carbons (Fsp3) is 0.0870. The van der Waals surface area contributed by atoms with E-state index in [0.29, 0.717) is 0 Å². The van der Waals surface area contributed by atoms with Crippen LogP contribution in [0.4, 0.5) is 0 Å². The number of hydrogen-bond acceptors (Lipinski definition) is 0. The van der Waals surface area contributed by atoms with E-state index in [1.54, 1.807) is 0 Å². The second kappa shape index (κ2) is 13.3. The van der Waals surface area contributed by atoms with Crippen molar-refractivity contribution in [1.82, 2.24) is 9.97 Å². The number of nitrogens with zero attached hydrogens (tertiary/aromatic N) is 2. The summed E-state index contributed by atoms with van der Waals surface area (Å²) in [6.07, 6.45) is 1.56. The quantitative estimate of drug-likeness (QED) is 0.228. The molecule has 0 aliphatic carbocycles. The zero-order valence-corrected chi connectivity index (χ0v) is 23.9. The van der Waals surface area contributed by atoms with Gasteiger partial charge in [-0.1, -0.05) is 30.3 Å². The molecule has 2 heterocycles. The standard InChI is InChI=1S/C23H18BN2.Pt.2Y/c1-17-7-5-6-10-22(17)24-23-14-13-21(26-23)16-20-12-11-19(25-20)15-18-8-3-2-4-9-18;;;/h2-8,10-14H,1,15-16H2;;;/q-4;;;. The van der Waals surface area contributed by atoms with Crippen LogP contribution in [0.15, 0.2) is 72.8 Å². The fourth-order valence-electron chi connectivity index (χ4n) is 3.00. The molecule has 0 fully saturated rings. The summed E-state index contributed by atoms with van der Waals surface area (Å²) in [6, 6.07) is 27.6. The molecule has 2 nitrogen and oxygen atoms in total. The molecule has 29 heavy (non-hydrogen) atoms. The Bertz CT molecular complexity index is 999. The average molecular weight is 706 g/mol. The van der Waals surface area contributed by atoms with Crippen LogP contribution in [-0.2, 0) is 99.3 Å². The van der Waals surface area contributed by atoms with Gasteiger partial charge in [-0.25, -0.2) is 5.59 Å². The van der Waals surface area contributed by atoms with E-state index >= 15 is 0 Å². The van der Waals surface area contributed by atoms with Gasteiger partial charge in [-0.05, 0) is 12.8 Å². The summed E-state index contributed by atoms with van der Waals surface area (Å²) in [4.78, 5) is 9.43. The zero-order chi connectivity index (χ0) is 17.8. The first-order valence-electron chi connectivity index (χ1n) is 8.72. The van der Waals surface area contributed by atoms with Crippen LogP contribution >= 0.6 is 0 Å². The maximum atomic E-state index is 4.73. The Hall–Kier alpha value is -0.169. The number of hydrogen-bond donors (Lipinski definition) is 0. The molecule has 3 radical (unpaired) electrons. The van der Waals surface area contributed by atoms with Crippen LogP contribution in [0.25, 0.3) is 0 Å². The smallest absolute Gasteiger partial charge is 0.0783 e. The van der Waals surface area contributed by atoms with Crippen molar-refractivity contribution in [3.63, 3.8) is 0 Å². The Kier molecular flexibility index (Phi) is 12.3. The Balaban J connectivity index is 0.00000140. The van der Waals surface area contributed by atoms with Gasteiger partial charge >= 0.3 is 0 Å². The first-order chi connectivity index (χ1) is 12.8. The van der Waals surface area contributed by atoms with Gasteiger partial charge in [-0.15, -0.1) is 12.1 Å². The predicted molar refractivity (Wildman–Crippen MR) is 106 cm³/mol. The van der Waals surface area contributed by atoms with Crippen LogP contribution in [0.3, 0.4) is 0 Å². The maximum Gasteiger partial charge on any atom is 0.0783 e. The molecule has 0 aliphatic rings. The molecule has 0 aliphatic heterocycles.